The Kier molecular flexibility index (Phi) is 6.04. The Morgan fingerprint density at radius 1 is 1.06 bits per heavy atom. The molecule has 0 fully saturated rings. The minimum absolute atomic E-state index is 0.190. The number of rotatable bonds is 5. The van der Waals surface area contributed by atoms with Gasteiger partial charge in [0.2, 0.25) is 4.80 Å². The summed E-state index contributed by atoms with van der Waals surface area (Å²) >= 11 is 4.95. The normalized spacial score (nSPS) is 12.1. The van der Waals surface area contributed by atoms with E-state index in [-0.39, 0.29) is 5.56 Å². The molecular formula is C25H20BrN5O2S. The second-order valence-electron chi connectivity index (χ2n) is 7.51. The Labute approximate surface area is 207 Å². The predicted octanol–water partition coefficient (Wildman–Crippen LogP) is 5.48. The molecule has 5 aromatic rings. The van der Waals surface area contributed by atoms with E-state index in [2.05, 4.69) is 21.0 Å². The molecule has 0 atom stereocenters. The van der Waals surface area contributed by atoms with E-state index in [9.17, 15) is 4.79 Å². The molecule has 0 amide bonds. The Hall–Kier alpha value is -3.69. The number of para-hydroxylation sites is 1. The number of hydrogen-bond donors (Lipinski definition) is 0. The second-order valence-corrected chi connectivity index (χ2v) is 9.26. The molecule has 0 spiro atoms. The molecule has 2 aromatic carbocycles. The smallest absolute Gasteiger partial charge is 0.297 e. The molecule has 7 nitrogen and oxygen atoms in total. The van der Waals surface area contributed by atoms with Gasteiger partial charge in [-0.05, 0) is 43.3 Å². The van der Waals surface area contributed by atoms with Crippen LogP contribution in [0.1, 0.15) is 11.5 Å². The van der Waals surface area contributed by atoms with Gasteiger partial charge in [-0.3, -0.25) is 9.48 Å². The average molecular weight is 534 g/mol. The first-order valence-electron chi connectivity index (χ1n) is 10.5. The van der Waals surface area contributed by atoms with Crippen LogP contribution in [0, 0.1) is 6.92 Å². The monoisotopic (exact) mass is 533 g/mol. The maximum Gasteiger partial charge on any atom is 0.297 e. The molecule has 170 valence electrons. The van der Waals surface area contributed by atoms with E-state index < -0.39 is 0 Å². The third-order valence-electron chi connectivity index (χ3n) is 5.38. The molecule has 9 heteroatoms. The van der Waals surface area contributed by atoms with Crippen molar-refractivity contribution in [2.75, 3.05) is 0 Å². The summed E-state index contributed by atoms with van der Waals surface area (Å²) in [6.07, 6.45) is 3.23. The molecule has 0 aliphatic rings. The van der Waals surface area contributed by atoms with Crippen molar-refractivity contribution in [2.45, 2.75) is 6.92 Å². The molecule has 3 aromatic heterocycles. The number of benzene rings is 2. The van der Waals surface area contributed by atoms with Crippen LogP contribution in [0.25, 0.3) is 16.9 Å². The van der Waals surface area contributed by atoms with E-state index in [1.165, 1.54) is 11.3 Å². The van der Waals surface area contributed by atoms with E-state index >= 15 is 0 Å². The second kappa shape index (κ2) is 9.28. The molecule has 5 rings (SSSR count). The van der Waals surface area contributed by atoms with Crippen LogP contribution in [0.4, 0.5) is 5.69 Å². The Balaban J connectivity index is 1.71. The van der Waals surface area contributed by atoms with Crippen molar-refractivity contribution in [3.05, 3.63) is 109 Å². The van der Waals surface area contributed by atoms with Crippen LogP contribution in [-0.2, 0) is 7.05 Å². The van der Waals surface area contributed by atoms with Crippen LogP contribution < -0.4 is 10.4 Å². The zero-order chi connectivity index (χ0) is 23.7. The van der Waals surface area contributed by atoms with Crippen molar-refractivity contribution in [2.24, 2.45) is 17.1 Å². The first kappa shape index (κ1) is 22.1. The van der Waals surface area contributed by atoms with Gasteiger partial charge in [-0.25, -0.2) is 14.4 Å². The third kappa shape index (κ3) is 4.15. The molecule has 0 aliphatic carbocycles. The van der Waals surface area contributed by atoms with Gasteiger partial charge in [-0.1, -0.05) is 46.3 Å². The number of furan rings is 1. The fraction of sp³-hybridized carbons (Fsp3) is 0.0800. The van der Waals surface area contributed by atoms with Gasteiger partial charge in [0.15, 0.2) is 5.69 Å². The first-order chi connectivity index (χ1) is 16.5. The van der Waals surface area contributed by atoms with Gasteiger partial charge in [0.05, 0.1) is 29.6 Å². The molecule has 0 radical (unpaired) electrons. The van der Waals surface area contributed by atoms with Crippen molar-refractivity contribution in [3.63, 3.8) is 0 Å². The lowest BCUT2D eigenvalue weighted by Gasteiger charge is -2.07. The minimum atomic E-state index is -0.190. The number of halogens is 1. The first-order valence-corrected chi connectivity index (χ1v) is 12.1. The predicted molar refractivity (Wildman–Crippen MR) is 138 cm³/mol. The SMILES string of the molecule is Cc1c(N=c2scc(-c3cccc(Br)c3)n2N=Cc2ccco2)c(=O)n(-c2ccccc2)n1C. The van der Waals surface area contributed by atoms with E-state index in [0.717, 1.165) is 27.1 Å². The molecular weight excluding hydrogens is 514 g/mol. The van der Waals surface area contributed by atoms with Gasteiger partial charge in [-0.15, -0.1) is 11.3 Å². The van der Waals surface area contributed by atoms with E-state index in [4.69, 9.17) is 9.41 Å². The summed E-state index contributed by atoms with van der Waals surface area (Å²) in [5.74, 6) is 0.618. The van der Waals surface area contributed by atoms with Gasteiger partial charge in [-0.2, -0.15) is 5.10 Å². The number of thiazole rings is 1. The number of aromatic nitrogens is 3. The van der Waals surface area contributed by atoms with Crippen molar-refractivity contribution in [1.82, 2.24) is 14.0 Å². The molecule has 34 heavy (non-hydrogen) atoms. The average Bonchev–Trinajstić information content (AvgIpc) is 3.55. The maximum atomic E-state index is 13.4. The standard InChI is InChI=1S/C25H20BrN5O2S/c1-17-23(24(32)31(29(17)2)20-10-4-3-5-11-20)28-25-30(27-15-21-12-7-13-33-21)22(16-34-25)18-8-6-9-19(26)14-18/h3-16H,1-2H3. The van der Waals surface area contributed by atoms with Crippen LogP contribution in [0.15, 0.2) is 102 Å². The van der Waals surface area contributed by atoms with Crippen molar-refractivity contribution < 1.29 is 4.42 Å². The maximum absolute atomic E-state index is 13.4. The van der Waals surface area contributed by atoms with Crippen LogP contribution >= 0.6 is 27.3 Å². The minimum Gasteiger partial charge on any atom is -0.463 e. The molecule has 0 unspecified atom stereocenters. The van der Waals surface area contributed by atoms with Crippen LogP contribution in [0.3, 0.4) is 0 Å². The van der Waals surface area contributed by atoms with E-state index in [0.29, 0.717) is 16.2 Å². The van der Waals surface area contributed by atoms with Crippen molar-refractivity contribution >= 4 is 39.2 Å². The summed E-state index contributed by atoms with van der Waals surface area (Å²) in [6.45, 7) is 1.89. The zero-order valence-electron chi connectivity index (χ0n) is 18.4. The van der Waals surface area contributed by atoms with Gasteiger partial charge >= 0.3 is 0 Å². The quantitative estimate of drug-likeness (QED) is 0.280. The highest BCUT2D eigenvalue weighted by Gasteiger charge is 2.17. The lowest BCUT2D eigenvalue weighted by molar-refractivity contribution is 0.559. The molecule has 0 bridgehead atoms. The number of nitrogens with zero attached hydrogens (tertiary/aromatic N) is 5. The molecule has 0 aliphatic heterocycles. The van der Waals surface area contributed by atoms with Gasteiger partial charge in [0.1, 0.15) is 5.76 Å². The number of hydrogen-bond acceptors (Lipinski definition) is 5. The highest BCUT2D eigenvalue weighted by atomic mass is 79.9. The fourth-order valence-corrected chi connectivity index (χ4v) is 4.83. The van der Waals surface area contributed by atoms with Crippen molar-refractivity contribution in [1.29, 1.82) is 0 Å². The molecule has 0 N–H and O–H groups in total. The van der Waals surface area contributed by atoms with Gasteiger partial charge < -0.3 is 4.42 Å². The molecule has 0 saturated heterocycles. The van der Waals surface area contributed by atoms with Crippen molar-refractivity contribution in [3.8, 4) is 16.9 Å². The highest BCUT2D eigenvalue weighted by molar-refractivity contribution is 9.10. The van der Waals surface area contributed by atoms with Gasteiger partial charge in [0, 0.05) is 22.5 Å². The molecule has 0 saturated carbocycles. The Morgan fingerprint density at radius 3 is 2.62 bits per heavy atom. The lowest BCUT2D eigenvalue weighted by atomic mass is 10.2. The zero-order valence-corrected chi connectivity index (χ0v) is 20.8. The third-order valence-corrected chi connectivity index (χ3v) is 6.69. The molecule has 3 heterocycles. The van der Waals surface area contributed by atoms with Crippen LogP contribution in [-0.4, -0.2) is 20.3 Å². The van der Waals surface area contributed by atoms with Crippen LogP contribution in [0.2, 0.25) is 0 Å². The topological polar surface area (TPSA) is 69.7 Å². The largest absolute Gasteiger partial charge is 0.463 e. The summed E-state index contributed by atoms with van der Waals surface area (Å²) in [7, 11) is 1.85. The Morgan fingerprint density at radius 2 is 1.88 bits per heavy atom. The van der Waals surface area contributed by atoms with Gasteiger partial charge in [0.25, 0.3) is 5.56 Å². The van der Waals surface area contributed by atoms with E-state index in [1.54, 1.807) is 27.9 Å². The van der Waals surface area contributed by atoms with E-state index in [1.807, 2.05) is 84.7 Å². The highest BCUT2D eigenvalue weighted by Crippen LogP contribution is 2.24. The lowest BCUT2D eigenvalue weighted by Crippen LogP contribution is -2.19. The summed E-state index contributed by atoms with van der Waals surface area (Å²) in [5.41, 5.74) is 3.54. The summed E-state index contributed by atoms with van der Waals surface area (Å²) in [6, 6.07) is 21.1. The fourth-order valence-electron chi connectivity index (χ4n) is 3.59. The van der Waals surface area contributed by atoms with Crippen LogP contribution in [0.5, 0.6) is 0 Å². The summed E-state index contributed by atoms with van der Waals surface area (Å²) in [4.78, 5) is 18.7. The summed E-state index contributed by atoms with van der Waals surface area (Å²) in [5, 5.41) is 6.62. The summed E-state index contributed by atoms with van der Waals surface area (Å²) < 4.78 is 11.5. The Bertz CT molecular complexity index is 1610.